The molecule has 0 aliphatic carbocycles. The van der Waals surface area contributed by atoms with E-state index in [-0.39, 0.29) is 0 Å². The Morgan fingerprint density at radius 2 is 1.35 bits per heavy atom. The van der Waals surface area contributed by atoms with Crippen molar-refractivity contribution in [2.24, 2.45) is 4.99 Å². The van der Waals surface area contributed by atoms with Crippen LogP contribution in [0, 0.1) is 0 Å². The van der Waals surface area contributed by atoms with Crippen LogP contribution in [0.4, 0.5) is 0 Å². The maximum atomic E-state index is 10.3. The molecule has 5 nitrogen and oxygen atoms in total. The van der Waals surface area contributed by atoms with Gasteiger partial charge in [0.1, 0.15) is 0 Å². The van der Waals surface area contributed by atoms with Gasteiger partial charge in [0.05, 0.1) is 6.54 Å². The fourth-order valence-corrected chi connectivity index (χ4v) is 32.3. The van der Waals surface area contributed by atoms with E-state index in [0.29, 0.717) is 6.54 Å². The van der Waals surface area contributed by atoms with E-state index in [0.717, 1.165) is 12.5 Å². The molecule has 0 radical (unpaired) electrons. The maximum Gasteiger partial charge on any atom is 0.320 e. The molecule has 136 valence electrons. The molecule has 0 aromatic carbocycles. The monoisotopic (exact) mass is 409 g/mol. The molecule has 0 saturated carbocycles. The van der Waals surface area contributed by atoms with Crippen LogP contribution >= 0.6 is 0 Å². The van der Waals surface area contributed by atoms with Crippen molar-refractivity contribution in [1.29, 1.82) is 0 Å². The minimum Gasteiger partial charge on any atom is -0.459 e. The molecule has 0 atom stereocenters. The largest absolute Gasteiger partial charge is 0.459 e. The van der Waals surface area contributed by atoms with Crippen LogP contribution in [-0.4, -0.2) is 54.9 Å². The Labute approximate surface area is 148 Å². The Kier molecular flexibility index (Phi) is 9.29. The third-order valence-corrected chi connectivity index (χ3v) is 22.4. The highest BCUT2D eigenvalue weighted by molar-refractivity contribution is 7.21. The van der Waals surface area contributed by atoms with Gasteiger partial charge in [-0.25, -0.2) is 9.79 Å². The Morgan fingerprint density at radius 1 is 0.870 bits per heavy atom. The third kappa shape index (κ3) is 13.3. The SMILES string of the molecule is C[Si](C)(C)O[SiH2][Si](CCCN=C=O)(O[Si](C)(C)C)O[Si](C)(C)C. The molecule has 0 spiro atoms. The Balaban J connectivity index is 5.35. The zero-order chi connectivity index (χ0) is 18.4. The van der Waals surface area contributed by atoms with Crippen LogP contribution in [0.5, 0.6) is 0 Å². The van der Waals surface area contributed by atoms with Crippen molar-refractivity contribution >= 4 is 48.4 Å². The van der Waals surface area contributed by atoms with Crippen LogP contribution in [-0.2, 0) is 17.1 Å². The summed E-state index contributed by atoms with van der Waals surface area (Å²) in [7, 11) is -8.30. The molecule has 0 aliphatic rings. The summed E-state index contributed by atoms with van der Waals surface area (Å²) >= 11 is 0. The normalized spacial score (nSPS) is 14.3. The minimum absolute atomic E-state index is 0.504. The predicted molar refractivity (Wildman–Crippen MR) is 110 cm³/mol. The molecule has 23 heavy (non-hydrogen) atoms. The summed E-state index contributed by atoms with van der Waals surface area (Å²) in [5.41, 5.74) is 0. The number of rotatable bonds is 11. The topological polar surface area (TPSA) is 57.1 Å². The van der Waals surface area contributed by atoms with Crippen molar-refractivity contribution in [1.82, 2.24) is 0 Å². The first kappa shape index (κ1) is 23.3. The quantitative estimate of drug-likeness (QED) is 0.227. The second-order valence-electron chi connectivity index (χ2n) is 8.82. The lowest BCUT2D eigenvalue weighted by molar-refractivity contribution is 0.390. The van der Waals surface area contributed by atoms with E-state index in [4.69, 9.17) is 12.3 Å². The Hall–Kier alpha value is 0.344. The van der Waals surface area contributed by atoms with Gasteiger partial charge in [-0.05, 0) is 71.4 Å². The number of carbonyl (C=O) groups excluding carboxylic acids is 1. The molecular formula is C13H35NO4Si5. The number of aliphatic imine (C=N–C) groups is 1. The smallest absolute Gasteiger partial charge is 0.320 e. The van der Waals surface area contributed by atoms with Crippen molar-refractivity contribution in [2.75, 3.05) is 6.54 Å². The van der Waals surface area contributed by atoms with Gasteiger partial charge in [-0.1, -0.05) is 0 Å². The first-order valence-corrected chi connectivity index (χ1v) is 23.4. The van der Waals surface area contributed by atoms with Crippen molar-refractivity contribution < 1.29 is 17.1 Å². The van der Waals surface area contributed by atoms with Crippen molar-refractivity contribution in [2.45, 2.75) is 71.4 Å². The van der Waals surface area contributed by atoms with E-state index in [1.807, 2.05) is 0 Å². The minimum atomic E-state index is -2.34. The first-order chi connectivity index (χ1) is 10.2. The van der Waals surface area contributed by atoms with Crippen LogP contribution < -0.4 is 0 Å². The van der Waals surface area contributed by atoms with Gasteiger partial charge in [0, 0.05) is 0 Å². The van der Waals surface area contributed by atoms with Crippen LogP contribution in [0.2, 0.25) is 65.0 Å². The van der Waals surface area contributed by atoms with Crippen molar-refractivity contribution in [3.05, 3.63) is 0 Å². The average Bonchev–Trinajstić information content (AvgIpc) is 2.27. The van der Waals surface area contributed by atoms with Gasteiger partial charge < -0.3 is 12.3 Å². The van der Waals surface area contributed by atoms with Gasteiger partial charge in [0.2, 0.25) is 6.08 Å². The number of hydrogen-bond donors (Lipinski definition) is 0. The molecule has 0 aromatic rings. The third-order valence-electron chi connectivity index (χ3n) is 2.60. The van der Waals surface area contributed by atoms with E-state index >= 15 is 0 Å². The summed E-state index contributed by atoms with van der Waals surface area (Å²) in [5, 5.41) is 0. The van der Waals surface area contributed by atoms with Crippen LogP contribution in [0.3, 0.4) is 0 Å². The second kappa shape index (κ2) is 9.16. The number of hydrogen-bond acceptors (Lipinski definition) is 5. The number of nitrogens with zero attached hydrogens (tertiary/aromatic N) is 1. The molecule has 0 fully saturated rings. The highest BCUT2D eigenvalue weighted by Crippen LogP contribution is 2.26. The highest BCUT2D eigenvalue weighted by Gasteiger charge is 2.45. The van der Waals surface area contributed by atoms with Gasteiger partial charge in [-0.15, -0.1) is 0 Å². The summed E-state index contributed by atoms with van der Waals surface area (Å²) in [5.74, 6) is 0. The molecule has 0 unspecified atom stereocenters. The van der Waals surface area contributed by atoms with E-state index < -0.39 is 42.3 Å². The van der Waals surface area contributed by atoms with E-state index in [1.54, 1.807) is 6.08 Å². The number of isocyanates is 1. The molecule has 0 aliphatic heterocycles. The van der Waals surface area contributed by atoms with Gasteiger partial charge >= 0.3 is 8.08 Å². The standard InChI is InChI=1S/C13H35NO4Si5/c1-20(2,3)16-19-23(17-21(4,5)6,18-22(7,8)9)12-10-11-14-13-15/h10-12,19H2,1-9H3. The van der Waals surface area contributed by atoms with Crippen molar-refractivity contribution in [3.8, 4) is 0 Å². The molecule has 10 heteroatoms. The first-order valence-electron chi connectivity index (χ1n) is 8.26. The van der Waals surface area contributed by atoms with E-state index in [1.165, 1.54) is 0 Å². The summed E-state index contributed by atoms with van der Waals surface area (Å²) in [6.45, 7) is 20.5. The molecule has 0 rings (SSSR count). The maximum absolute atomic E-state index is 10.3. The molecule has 0 aromatic heterocycles. The lowest BCUT2D eigenvalue weighted by Crippen LogP contribution is -2.61. The average molecular weight is 410 g/mol. The van der Waals surface area contributed by atoms with Crippen LogP contribution in [0.15, 0.2) is 4.99 Å². The Morgan fingerprint density at radius 3 is 1.70 bits per heavy atom. The second-order valence-corrected chi connectivity index (χ2v) is 31.0. The van der Waals surface area contributed by atoms with Crippen molar-refractivity contribution in [3.63, 3.8) is 0 Å². The lowest BCUT2D eigenvalue weighted by atomic mass is 10.5. The van der Waals surface area contributed by atoms with Gasteiger partial charge in [-0.3, -0.25) is 0 Å². The Bertz CT molecular complexity index is 392. The lowest BCUT2D eigenvalue weighted by Gasteiger charge is -2.41. The van der Waals surface area contributed by atoms with Gasteiger partial charge in [-0.2, -0.15) is 0 Å². The zero-order valence-electron chi connectivity index (χ0n) is 16.4. The predicted octanol–water partition coefficient (Wildman–Crippen LogP) is 3.29. The fourth-order valence-electron chi connectivity index (χ4n) is 2.17. The fraction of sp³-hybridized carbons (Fsp3) is 0.923. The summed E-state index contributed by atoms with van der Waals surface area (Å²) in [4.78, 5) is 14.0. The molecule has 0 amide bonds. The molecule has 0 saturated heterocycles. The zero-order valence-corrected chi connectivity index (χ0v) is 21.8. The summed E-state index contributed by atoms with van der Waals surface area (Å²) < 4.78 is 19.7. The van der Waals surface area contributed by atoms with E-state index in [9.17, 15) is 4.79 Å². The molecular weight excluding hydrogens is 375 g/mol. The molecule has 0 bridgehead atoms. The molecule has 0 N–H and O–H groups in total. The van der Waals surface area contributed by atoms with Crippen LogP contribution in [0.1, 0.15) is 6.42 Å². The van der Waals surface area contributed by atoms with Gasteiger partial charge in [0.25, 0.3) is 0 Å². The summed E-state index contributed by atoms with van der Waals surface area (Å²) in [6.07, 6.45) is 2.44. The van der Waals surface area contributed by atoms with Gasteiger partial charge in [0.15, 0.2) is 34.2 Å². The van der Waals surface area contributed by atoms with E-state index in [2.05, 4.69) is 63.9 Å². The van der Waals surface area contributed by atoms with Crippen LogP contribution in [0.25, 0.3) is 0 Å². The highest BCUT2D eigenvalue weighted by atomic mass is 29.2. The molecule has 0 heterocycles. The summed E-state index contributed by atoms with van der Waals surface area (Å²) in [6, 6.07) is 0.878.